The van der Waals surface area contributed by atoms with Crippen LogP contribution in [0.1, 0.15) is 12.5 Å². The van der Waals surface area contributed by atoms with E-state index in [0.717, 1.165) is 13.1 Å². The first-order valence-electron chi connectivity index (χ1n) is 8.78. The van der Waals surface area contributed by atoms with Gasteiger partial charge in [0, 0.05) is 18.7 Å². The van der Waals surface area contributed by atoms with E-state index in [-0.39, 0.29) is 17.3 Å². The van der Waals surface area contributed by atoms with Crippen molar-refractivity contribution in [2.24, 2.45) is 11.8 Å². The largest absolute Gasteiger partial charge is 0.496 e. The van der Waals surface area contributed by atoms with Crippen molar-refractivity contribution in [3.63, 3.8) is 0 Å². The minimum atomic E-state index is -3.71. The number of hydrogen-bond acceptors (Lipinski definition) is 6. The summed E-state index contributed by atoms with van der Waals surface area (Å²) < 4.78 is 33.1. The van der Waals surface area contributed by atoms with Gasteiger partial charge in [-0.15, -0.1) is 12.4 Å². The van der Waals surface area contributed by atoms with Crippen molar-refractivity contribution in [3.8, 4) is 5.75 Å². The molecule has 1 aromatic carbocycles. The predicted octanol–water partition coefficient (Wildman–Crippen LogP) is 0.0115. The number of sulfonamides is 1. The number of amides is 3. The average molecular weight is 431 g/mol. The molecule has 0 aliphatic carbocycles. The van der Waals surface area contributed by atoms with Gasteiger partial charge in [-0.3, -0.25) is 10.1 Å². The summed E-state index contributed by atoms with van der Waals surface area (Å²) in [6.07, 6.45) is 0. The van der Waals surface area contributed by atoms with Gasteiger partial charge < -0.3 is 15.4 Å². The van der Waals surface area contributed by atoms with Crippen LogP contribution in [0.15, 0.2) is 23.1 Å². The zero-order valence-electron chi connectivity index (χ0n) is 15.5. The van der Waals surface area contributed by atoms with Gasteiger partial charge in [0.05, 0.1) is 12.0 Å². The molecule has 3 saturated heterocycles. The van der Waals surface area contributed by atoms with Crippen LogP contribution < -0.4 is 20.7 Å². The number of nitrogens with zero attached hydrogens (tertiary/aromatic N) is 1. The fourth-order valence-corrected chi connectivity index (χ4v) is 5.71. The maximum absolute atomic E-state index is 13.2. The Kier molecular flexibility index (Phi) is 5.34. The van der Waals surface area contributed by atoms with Crippen LogP contribution in [0.5, 0.6) is 5.75 Å². The van der Waals surface area contributed by atoms with E-state index < -0.39 is 27.5 Å². The smallest absolute Gasteiger partial charge is 0.322 e. The molecule has 0 aromatic heterocycles. The SMILES string of the molecule is COc1ccc(S(=O)(=O)N2C[C@H]3CNC[C@H]3C2)cc1C1(C)NC(=O)NC1=O.Cl. The highest BCUT2D eigenvalue weighted by Gasteiger charge is 2.46. The Morgan fingerprint density at radius 1 is 1.18 bits per heavy atom. The molecule has 0 saturated carbocycles. The minimum Gasteiger partial charge on any atom is -0.496 e. The number of fused-ring (bicyclic) bond motifs is 1. The molecule has 3 N–H and O–H groups in total. The highest BCUT2D eigenvalue weighted by molar-refractivity contribution is 7.89. The number of hydrogen-bond donors (Lipinski definition) is 3. The van der Waals surface area contributed by atoms with Gasteiger partial charge in [0.25, 0.3) is 5.91 Å². The Hall–Kier alpha value is -1.88. The van der Waals surface area contributed by atoms with E-state index in [4.69, 9.17) is 4.74 Å². The summed E-state index contributed by atoms with van der Waals surface area (Å²) in [5.74, 6) is 0.434. The number of rotatable bonds is 4. The lowest BCUT2D eigenvalue weighted by molar-refractivity contribution is -0.123. The van der Waals surface area contributed by atoms with E-state index in [9.17, 15) is 18.0 Å². The Morgan fingerprint density at radius 2 is 1.82 bits per heavy atom. The predicted molar refractivity (Wildman–Crippen MR) is 103 cm³/mol. The molecular formula is C17H23ClN4O5S. The number of carbonyl (C=O) groups excluding carboxylic acids is 2. The molecule has 9 nitrogen and oxygen atoms in total. The van der Waals surface area contributed by atoms with Crippen LogP contribution in [0, 0.1) is 11.8 Å². The van der Waals surface area contributed by atoms with E-state index >= 15 is 0 Å². The number of imide groups is 1. The van der Waals surface area contributed by atoms with Crippen molar-refractivity contribution in [3.05, 3.63) is 23.8 Å². The molecule has 28 heavy (non-hydrogen) atoms. The van der Waals surface area contributed by atoms with Gasteiger partial charge in [0.2, 0.25) is 10.0 Å². The number of benzene rings is 1. The molecule has 3 atom stereocenters. The van der Waals surface area contributed by atoms with Gasteiger partial charge in [-0.25, -0.2) is 13.2 Å². The third-order valence-electron chi connectivity index (χ3n) is 5.75. The molecule has 1 aromatic rings. The van der Waals surface area contributed by atoms with E-state index in [1.54, 1.807) is 0 Å². The molecule has 1 unspecified atom stereocenters. The van der Waals surface area contributed by atoms with E-state index in [1.807, 2.05) is 0 Å². The monoisotopic (exact) mass is 430 g/mol. The zero-order chi connectivity index (χ0) is 19.4. The summed E-state index contributed by atoms with van der Waals surface area (Å²) in [6, 6.07) is 3.79. The minimum absolute atomic E-state index is 0. The molecule has 154 valence electrons. The highest BCUT2D eigenvalue weighted by Crippen LogP contribution is 2.36. The lowest BCUT2D eigenvalue weighted by Gasteiger charge is -2.25. The van der Waals surface area contributed by atoms with Crippen LogP contribution in [0.25, 0.3) is 0 Å². The Bertz CT molecular complexity index is 912. The molecule has 0 radical (unpaired) electrons. The van der Waals surface area contributed by atoms with Gasteiger partial charge in [-0.1, -0.05) is 0 Å². The normalized spacial score (nSPS) is 29.8. The Balaban J connectivity index is 0.00000225. The van der Waals surface area contributed by atoms with E-state index in [0.29, 0.717) is 36.2 Å². The number of halogens is 1. The second-order valence-corrected chi connectivity index (χ2v) is 9.33. The topological polar surface area (TPSA) is 117 Å². The summed E-state index contributed by atoms with van der Waals surface area (Å²) in [5, 5.41) is 8.03. The molecule has 11 heteroatoms. The van der Waals surface area contributed by atoms with Crippen LogP contribution in [-0.4, -0.2) is 58.0 Å². The van der Waals surface area contributed by atoms with Crippen molar-refractivity contribution in [1.29, 1.82) is 0 Å². The molecule has 3 aliphatic heterocycles. The van der Waals surface area contributed by atoms with Gasteiger partial charge >= 0.3 is 6.03 Å². The number of nitrogens with one attached hydrogen (secondary N) is 3. The third-order valence-corrected chi connectivity index (χ3v) is 7.58. The Labute approximate surface area is 169 Å². The fraction of sp³-hybridized carbons (Fsp3) is 0.529. The summed E-state index contributed by atoms with van der Waals surface area (Å²) in [5.41, 5.74) is -1.10. The standard InChI is InChI=1S/C17H22N4O5S.ClH/c1-17(15(22)19-16(23)20-17)13-5-12(3-4-14(13)26-2)27(24,25)21-8-10-6-18-7-11(10)9-21;/h3-5,10-11,18H,6-9H2,1-2H3,(H2,19,20,22,23);1H/t10-,11+,17?;. The first-order chi connectivity index (χ1) is 12.8. The van der Waals surface area contributed by atoms with Crippen molar-refractivity contribution in [1.82, 2.24) is 20.3 Å². The van der Waals surface area contributed by atoms with Crippen LogP contribution in [0.3, 0.4) is 0 Å². The van der Waals surface area contributed by atoms with Gasteiger partial charge in [0.15, 0.2) is 0 Å². The maximum atomic E-state index is 13.2. The van der Waals surface area contributed by atoms with Crippen molar-refractivity contribution < 1.29 is 22.7 Å². The molecule has 4 rings (SSSR count). The molecule has 3 heterocycles. The van der Waals surface area contributed by atoms with Crippen LogP contribution in [0.4, 0.5) is 4.79 Å². The Morgan fingerprint density at radius 3 is 2.36 bits per heavy atom. The summed E-state index contributed by atoms with van der Waals surface area (Å²) >= 11 is 0. The number of carbonyl (C=O) groups is 2. The lowest BCUT2D eigenvalue weighted by atomic mass is 9.91. The fourth-order valence-electron chi connectivity index (χ4n) is 4.13. The zero-order valence-corrected chi connectivity index (χ0v) is 17.2. The van der Waals surface area contributed by atoms with Crippen molar-refractivity contribution >= 4 is 34.4 Å². The second kappa shape index (κ2) is 7.18. The molecule has 3 fully saturated rings. The maximum Gasteiger partial charge on any atom is 0.322 e. The number of methoxy groups -OCH3 is 1. The molecule has 0 bridgehead atoms. The molecular weight excluding hydrogens is 408 g/mol. The average Bonchev–Trinajstić information content (AvgIpc) is 3.28. The summed E-state index contributed by atoms with van der Waals surface area (Å²) in [6.45, 7) is 4.14. The van der Waals surface area contributed by atoms with Crippen molar-refractivity contribution in [2.75, 3.05) is 33.3 Å². The van der Waals surface area contributed by atoms with Crippen LogP contribution >= 0.6 is 12.4 Å². The summed E-state index contributed by atoms with van der Waals surface area (Å²) in [7, 11) is -2.28. The van der Waals surface area contributed by atoms with Crippen LogP contribution in [0.2, 0.25) is 0 Å². The first kappa shape index (κ1) is 20.8. The first-order valence-corrected chi connectivity index (χ1v) is 10.2. The molecule has 0 spiro atoms. The van der Waals surface area contributed by atoms with E-state index in [2.05, 4.69) is 16.0 Å². The van der Waals surface area contributed by atoms with E-state index in [1.165, 1.54) is 36.5 Å². The van der Waals surface area contributed by atoms with Crippen molar-refractivity contribution in [2.45, 2.75) is 17.4 Å². The van der Waals surface area contributed by atoms with Gasteiger partial charge in [-0.2, -0.15) is 4.31 Å². The van der Waals surface area contributed by atoms with Crippen LogP contribution in [-0.2, 0) is 20.4 Å². The number of ether oxygens (including phenoxy) is 1. The van der Waals surface area contributed by atoms with Gasteiger partial charge in [0.1, 0.15) is 11.3 Å². The van der Waals surface area contributed by atoms with Gasteiger partial charge in [-0.05, 0) is 50.0 Å². The third kappa shape index (κ3) is 3.14. The lowest BCUT2D eigenvalue weighted by Crippen LogP contribution is -2.41. The summed E-state index contributed by atoms with van der Waals surface area (Å²) in [4.78, 5) is 24.0. The molecule has 3 aliphatic rings. The molecule has 3 amide bonds. The highest BCUT2D eigenvalue weighted by atomic mass is 35.5. The number of urea groups is 1. The quantitative estimate of drug-likeness (QED) is 0.579. The second-order valence-electron chi connectivity index (χ2n) is 7.40.